The Morgan fingerprint density at radius 1 is 1.30 bits per heavy atom. The molecule has 1 aliphatic rings. The van der Waals surface area contributed by atoms with Crippen LogP contribution in [0.3, 0.4) is 0 Å². The van der Waals surface area contributed by atoms with Gasteiger partial charge in [0.15, 0.2) is 0 Å². The van der Waals surface area contributed by atoms with Gasteiger partial charge in [-0.1, -0.05) is 30.3 Å². The molecule has 108 valence electrons. The summed E-state index contributed by atoms with van der Waals surface area (Å²) in [6.45, 7) is 3.48. The molecule has 1 aromatic carbocycles. The molecule has 1 unspecified atom stereocenters. The maximum Gasteiger partial charge on any atom is 0.234 e. The first-order chi connectivity index (χ1) is 9.65. The number of Topliss-reactive ketones (excluding diaryl/α,β-unsaturated/α-hetero) is 1. The first-order valence-corrected chi connectivity index (χ1v) is 7.19. The fraction of sp³-hybridized carbons (Fsp3) is 0.500. The molecule has 1 saturated heterocycles. The Morgan fingerprint density at radius 2 is 2.05 bits per heavy atom. The third-order valence-electron chi connectivity index (χ3n) is 3.70. The summed E-state index contributed by atoms with van der Waals surface area (Å²) in [5.41, 5.74) is 1.10. The number of hydrogen-bond donors (Lipinski definition) is 1. The summed E-state index contributed by atoms with van der Waals surface area (Å²) in [6.07, 6.45) is 2.65. The van der Waals surface area contributed by atoms with Crippen LogP contribution in [0.25, 0.3) is 0 Å². The highest BCUT2D eigenvalue weighted by Gasteiger charge is 2.26. The minimum absolute atomic E-state index is 0.0318. The molecule has 1 N–H and O–H groups in total. The number of amides is 1. The molecule has 1 aliphatic heterocycles. The Labute approximate surface area is 120 Å². The van der Waals surface area contributed by atoms with E-state index in [1.807, 2.05) is 30.3 Å². The van der Waals surface area contributed by atoms with Gasteiger partial charge < -0.3 is 5.32 Å². The van der Waals surface area contributed by atoms with E-state index in [4.69, 9.17) is 0 Å². The van der Waals surface area contributed by atoms with Crippen molar-refractivity contribution in [2.75, 3.05) is 13.1 Å². The Balaban J connectivity index is 1.77. The van der Waals surface area contributed by atoms with Crippen LogP contribution in [0.2, 0.25) is 0 Å². The predicted molar refractivity (Wildman–Crippen MR) is 78.2 cm³/mol. The Kier molecular flexibility index (Phi) is 5.30. The molecule has 0 radical (unpaired) electrons. The van der Waals surface area contributed by atoms with E-state index < -0.39 is 0 Å². The van der Waals surface area contributed by atoms with E-state index in [1.54, 1.807) is 6.92 Å². The molecule has 4 nitrogen and oxygen atoms in total. The summed E-state index contributed by atoms with van der Waals surface area (Å²) in [6, 6.07) is 10.1. The number of ketones is 1. The number of nitrogens with one attached hydrogen (secondary N) is 1. The van der Waals surface area contributed by atoms with Crippen molar-refractivity contribution in [3.63, 3.8) is 0 Å². The van der Waals surface area contributed by atoms with Gasteiger partial charge in [-0.2, -0.15) is 0 Å². The fourth-order valence-electron chi connectivity index (χ4n) is 2.70. The minimum Gasteiger partial charge on any atom is -0.351 e. The van der Waals surface area contributed by atoms with Crippen molar-refractivity contribution in [1.29, 1.82) is 0 Å². The molecule has 0 aromatic heterocycles. The third kappa shape index (κ3) is 4.46. The molecule has 0 bridgehead atoms. The van der Waals surface area contributed by atoms with Gasteiger partial charge in [0.2, 0.25) is 5.91 Å². The first kappa shape index (κ1) is 14.7. The average molecular weight is 274 g/mol. The summed E-state index contributed by atoms with van der Waals surface area (Å²) >= 11 is 0. The topological polar surface area (TPSA) is 49.4 Å². The quantitative estimate of drug-likeness (QED) is 0.859. The molecule has 2 rings (SSSR count). The Morgan fingerprint density at radius 3 is 2.75 bits per heavy atom. The van der Waals surface area contributed by atoms with Crippen molar-refractivity contribution in [3.05, 3.63) is 35.9 Å². The summed E-state index contributed by atoms with van der Waals surface area (Å²) in [5.74, 6) is 0.232. The van der Waals surface area contributed by atoms with Gasteiger partial charge in [-0.05, 0) is 31.9 Å². The van der Waals surface area contributed by atoms with Crippen LogP contribution in [0.1, 0.15) is 31.7 Å². The second kappa shape index (κ2) is 7.20. The van der Waals surface area contributed by atoms with Crippen molar-refractivity contribution in [2.45, 2.75) is 38.8 Å². The molecule has 0 aliphatic carbocycles. The van der Waals surface area contributed by atoms with E-state index in [-0.39, 0.29) is 17.7 Å². The second-order valence-corrected chi connectivity index (χ2v) is 5.43. The van der Waals surface area contributed by atoms with Gasteiger partial charge in [0.05, 0.1) is 6.54 Å². The Bertz CT molecular complexity index is 459. The molecule has 1 amide bonds. The monoisotopic (exact) mass is 274 g/mol. The average Bonchev–Trinajstić information content (AvgIpc) is 2.84. The van der Waals surface area contributed by atoms with Crippen molar-refractivity contribution in [3.8, 4) is 0 Å². The van der Waals surface area contributed by atoms with Crippen LogP contribution in [0.4, 0.5) is 0 Å². The predicted octanol–water partition coefficient (Wildman–Crippen LogP) is 1.75. The number of hydrogen-bond acceptors (Lipinski definition) is 3. The van der Waals surface area contributed by atoms with E-state index in [0.717, 1.165) is 24.9 Å². The van der Waals surface area contributed by atoms with Gasteiger partial charge >= 0.3 is 0 Å². The summed E-state index contributed by atoms with van der Waals surface area (Å²) in [5, 5.41) is 2.93. The molecule has 0 spiro atoms. The van der Waals surface area contributed by atoms with Gasteiger partial charge in [-0.3, -0.25) is 14.5 Å². The van der Waals surface area contributed by atoms with E-state index in [0.29, 0.717) is 19.5 Å². The van der Waals surface area contributed by atoms with Crippen molar-refractivity contribution in [2.24, 2.45) is 0 Å². The zero-order chi connectivity index (χ0) is 14.4. The largest absolute Gasteiger partial charge is 0.351 e. The molecule has 20 heavy (non-hydrogen) atoms. The Hall–Kier alpha value is -1.68. The van der Waals surface area contributed by atoms with Gasteiger partial charge in [-0.25, -0.2) is 0 Å². The van der Waals surface area contributed by atoms with Crippen molar-refractivity contribution >= 4 is 11.7 Å². The lowest BCUT2D eigenvalue weighted by molar-refractivity contribution is -0.124. The van der Waals surface area contributed by atoms with Gasteiger partial charge in [0, 0.05) is 19.0 Å². The van der Waals surface area contributed by atoms with Crippen LogP contribution in [-0.4, -0.2) is 35.7 Å². The first-order valence-electron chi connectivity index (χ1n) is 7.19. The molecular weight excluding hydrogens is 252 g/mol. The lowest BCUT2D eigenvalue weighted by Crippen LogP contribution is -2.40. The van der Waals surface area contributed by atoms with Gasteiger partial charge in [-0.15, -0.1) is 0 Å². The highest BCUT2D eigenvalue weighted by Crippen LogP contribution is 2.19. The van der Waals surface area contributed by atoms with E-state index in [1.165, 1.54) is 0 Å². The van der Waals surface area contributed by atoms with Crippen LogP contribution in [0, 0.1) is 0 Å². The van der Waals surface area contributed by atoms with Crippen molar-refractivity contribution in [1.82, 2.24) is 10.2 Å². The lowest BCUT2D eigenvalue weighted by atomic mass is 10.1. The molecule has 0 saturated carbocycles. The lowest BCUT2D eigenvalue weighted by Gasteiger charge is -2.22. The number of benzene rings is 1. The highest BCUT2D eigenvalue weighted by molar-refractivity contribution is 5.78. The summed E-state index contributed by atoms with van der Waals surface area (Å²) in [7, 11) is 0. The molecule has 1 aromatic rings. The smallest absolute Gasteiger partial charge is 0.234 e. The van der Waals surface area contributed by atoms with E-state index >= 15 is 0 Å². The molecule has 1 heterocycles. The van der Waals surface area contributed by atoms with E-state index in [2.05, 4.69) is 10.2 Å². The van der Waals surface area contributed by atoms with Crippen LogP contribution < -0.4 is 5.32 Å². The number of nitrogens with zero attached hydrogens (tertiary/aromatic N) is 1. The summed E-state index contributed by atoms with van der Waals surface area (Å²) < 4.78 is 0. The van der Waals surface area contributed by atoms with Crippen LogP contribution in [-0.2, 0) is 16.1 Å². The fourth-order valence-corrected chi connectivity index (χ4v) is 2.70. The van der Waals surface area contributed by atoms with E-state index in [9.17, 15) is 9.59 Å². The number of carbonyl (C=O) groups excluding carboxylic acids is 2. The second-order valence-electron chi connectivity index (χ2n) is 5.43. The van der Waals surface area contributed by atoms with Gasteiger partial charge in [0.25, 0.3) is 0 Å². The minimum atomic E-state index is 0.0318. The number of carbonyl (C=O) groups is 2. The normalized spacial score (nSPS) is 18.9. The van der Waals surface area contributed by atoms with Crippen molar-refractivity contribution < 1.29 is 9.59 Å². The number of rotatable bonds is 6. The zero-order valence-electron chi connectivity index (χ0n) is 12.0. The zero-order valence-corrected chi connectivity index (χ0v) is 12.0. The maximum atomic E-state index is 12.0. The van der Waals surface area contributed by atoms with Crippen LogP contribution in [0.5, 0.6) is 0 Å². The molecule has 1 atom stereocenters. The number of likely N-dealkylation sites (tertiary alicyclic amines) is 1. The summed E-state index contributed by atoms with van der Waals surface area (Å²) in [4.78, 5) is 25.3. The SMILES string of the molecule is CC(=O)CC1CCCN1CC(=O)NCc1ccccc1. The molecule has 1 fully saturated rings. The highest BCUT2D eigenvalue weighted by atomic mass is 16.2. The standard InChI is InChI=1S/C16H22N2O2/c1-13(19)10-15-8-5-9-18(15)12-16(20)17-11-14-6-3-2-4-7-14/h2-4,6-7,15H,5,8-12H2,1H3,(H,17,20). The van der Waals surface area contributed by atoms with Crippen LogP contribution in [0.15, 0.2) is 30.3 Å². The van der Waals surface area contributed by atoms with Crippen LogP contribution >= 0.6 is 0 Å². The third-order valence-corrected chi connectivity index (χ3v) is 3.70. The molecular formula is C16H22N2O2. The maximum absolute atomic E-state index is 12.0. The van der Waals surface area contributed by atoms with Gasteiger partial charge in [0.1, 0.15) is 5.78 Å². The molecule has 4 heteroatoms.